The highest BCUT2D eigenvalue weighted by Gasteiger charge is 2.23. The summed E-state index contributed by atoms with van der Waals surface area (Å²) in [4.78, 5) is 5.85. The van der Waals surface area contributed by atoms with Gasteiger partial charge in [0.15, 0.2) is 0 Å². The van der Waals surface area contributed by atoms with Crippen molar-refractivity contribution >= 4 is 6.72 Å². The van der Waals surface area contributed by atoms with E-state index in [0.29, 0.717) is 5.92 Å². The Morgan fingerprint density at radius 2 is 1.78 bits per heavy atom. The third-order valence-corrected chi connectivity index (χ3v) is 5.03. The highest BCUT2D eigenvalue weighted by molar-refractivity contribution is 5.33. The maximum Gasteiger partial charge on any atom is 0.0269 e. The van der Waals surface area contributed by atoms with E-state index < -0.39 is 0 Å². The van der Waals surface area contributed by atoms with Gasteiger partial charge in [0.05, 0.1) is 0 Å². The van der Waals surface area contributed by atoms with E-state index in [-0.39, 0.29) is 0 Å². The van der Waals surface area contributed by atoms with E-state index in [0.717, 1.165) is 12.5 Å². The number of allylic oxidation sites excluding steroid dienone is 1. The molecule has 0 radical (unpaired) electrons. The van der Waals surface area contributed by atoms with Crippen molar-refractivity contribution < 1.29 is 0 Å². The minimum Gasteiger partial charge on any atom is -0.304 e. The number of aliphatic imine (C=N–C) groups is 1. The largest absolute Gasteiger partial charge is 0.304 e. The third kappa shape index (κ3) is 9.91. The second kappa shape index (κ2) is 15.6. The van der Waals surface area contributed by atoms with Gasteiger partial charge in [-0.2, -0.15) is 0 Å². The number of hydrogen-bond acceptors (Lipinski definition) is 2. The van der Waals surface area contributed by atoms with Gasteiger partial charge in [-0.3, -0.25) is 4.90 Å². The van der Waals surface area contributed by atoms with Crippen LogP contribution in [-0.2, 0) is 0 Å². The zero-order chi connectivity index (χ0) is 20.7. The molecule has 1 aliphatic rings. The van der Waals surface area contributed by atoms with Crippen molar-refractivity contribution in [3.05, 3.63) is 47.0 Å². The van der Waals surface area contributed by atoms with Gasteiger partial charge < -0.3 is 4.99 Å². The zero-order valence-corrected chi connectivity index (χ0v) is 19.1. The maximum atomic E-state index is 3.25. The maximum absolute atomic E-state index is 3.25. The molecule has 0 spiro atoms. The smallest absolute Gasteiger partial charge is 0.0269 e. The number of piperidine rings is 1. The molecule has 1 atom stereocenters. The van der Waals surface area contributed by atoms with Gasteiger partial charge >= 0.3 is 0 Å². The Bertz CT molecular complexity index is 521. The molecule has 1 aliphatic heterocycles. The lowest BCUT2D eigenvalue weighted by Crippen LogP contribution is -2.33. The van der Waals surface area contributed by atoms with Gasteiger partial charge in [-0.05, 0) is 75.9 Å². The Balaban J connectivity index is 0.00000123. The highest BCUT2D eigenvalue weighted by atomic mass is 15.1. The van der Waals surface area contributed by atoms with Crippen LogP contribution in [0.4, 0.5) is 0 Å². The summed E-state index contributed by atoms with van der Waals surface area (Å²) in [7, 11) is 1.64. The van der Waals surface area contributed by atoms with Gasteiger partial charge in [-0.15, -0.1) is 0 Å². The fourth-order valence-corrected chi connectivity index (χ4v) is 3.66. The van der Waals surface area contributed by atoms with Crippen molar-refractivity contribution in [1.82, 2.24) is 4.90 Å². The first-order valence-corrected chi connectivity index (χ1v) is 10.8. The summed E-state index contributed by atoms with van der Waals surface area (Å²) in [6.45, 7) is 19.8. The second-order valence-electron chi connectivity index (χ2n) is 7.49. The van der Waals surface area contributed by atoms with Crippen LogP contribution in [0.25, 0.3) is 0 Å². The molecule has 1 heterocycles. The number of rotatable bonds is 6. The van der Waals surface area contributed by atoms with Crippen molar-refractivity contribution in [2.75, 3.05) is 26.7 Å². The predicted octanol–water partition coefficient (Wildman–Crippen LogP) is 7.08. The molecule has 1 aromatic rings. The Kier molecular flexibility index (Phi) is 14.8. The first-order valence-electron chi connectivity index (χ1n) is 10.8. The molecule has 0 N–H and O–H groups in total. The molecule has 2 nitrogen and oxygen atoms in total. The van der Waals surface area contributed by atoms with Gasteiger partial charge in [0.2, 0.25) is 0 Å². The van der Waals surface area contributed by atoms with Crippen molar-refractivity contribution in [3.63, 3.8) is 0 Å². The molecular weight excluding hydrogens is 328 g/mol. The summed E-state index contributed by atoms with van der Waals surface area (Å²) in [6, 6.07) is 9.20. The van der Waals surface area contributed by atoms with Crippen LogP contribution in [0.15, 0.2) is 40.9 Å². The van der Waals surface area contributed by atoms with E-state index in [9.17, 15) is 0 Å². The summed E-state index contributed by atoms with van der Waals surface area (Å²) < 4.78 is 0. The number of likely N-dealkylation sites (tertiary alicyclic amines) is 1. The van der Waals surface area contributed by atoms with Crippen LogP contribution < -0.4 is 0 Å². The number of nitrogens with zero attached hydrogens (tertiary/aromatic N) is 2. The average molecular weight is 373 g/mol. The minimum absolute atomic E-state index is 0.699. The van der Waals surface area contributed by atoms with E-state index in [2.05, 4.69) is 74.6 Å². The Morgan fingerprint density at radius 1 is 1.22 bits per heavy atom. The number of benzene rings is 1. The molecule has 2 rings (SSSR count). The monoisotopic (exact) mass is 372 g/mol. The molecule has 0 amide bonds. The average Bonchev–Trinajstić information content (AvgIpc) is 2.69. The topological polar surface area (TPSA) is 15.6 Å². The molecule has 154 valence electrons. The SMILES string of the molecule is C=NC.CC.CCCC(C)c1ccccc1C1CCN(CC=C(C)C)CC1. The molecular formula is C25H44N2. The highest BCUT2D eigenvalue weighted by Crippen LogP contribution is 2.34. The summed E-state index contributed by atoms with van der Waals surface area (Å²) in [6.07, 6.45) is 7.56. The van der Waals surface area contributed by atoms with Crippen LogP contribution >= 0.6 is 0 Å². The summed E-state index contributed by atoms with van der Waals surface area (Å²) in [5.41, 5.74) is 4.67. The van der Waals surface area contributed by atoms with Gasteiger partial charge in [0.1, 0.15) is 0 Å². The van der Waals surface area contributed by atoms with E-state index in [1.807, 2.05) is 13.8 Å². The van der Waals surface area contributed by atoms with Crippen molar-refractivity contribution in [3.8, 4) is 0 Å². The number of hydrogen-bond donors (Lipinski definition) is 0. The van der Waals surface area contributed by atoms with Gasteiger partial charge in [0.25, 0.3) is 0 Å². The van der Waals surface area contributed by atoms with Crippen molar-refractivity contribution in [1.29, 1.82) is 0 Å². The summed E-state index contributed by atoms with van der Waals surface area (Å²) in [5, 5.41) is 0. The first kappa shape index (κ1) is 25.6. The van der Waals surface area contributed by atoms with Crippen LogP contribution in [0.1, 0.15) is 90.2 Å². The third-order valence-electron chi connectivity index (χ3n) is 5.03. The summed E-state index contributed by atoms with van der Waals surface area (Å²) in [5.74, 6) is 1.46. The van der Waals surface area contributed by atoms with Crippen LogP contribution in [-0.4, -0.2) is 38.3 Å². The van der Waals surface area contributed by atoms with Gasteiger partial charge in [0, 0.05) is 13.6 Å². The molecule has 0 saturated carbocycles. The fraction of sp³-hybridized carbons (Fsp3) is 0.640. The van der Waals surface area contributed by atoms with Crippen molar-refractivity contribution in [2.24, 2.45) is 4.99 Å². The molecule has 1 fully saturated rings. The fourth-order valence-electron chi connectivity index (χ4n) is 3.66. The van der Waals surface area contributed by atoms with Gasteiger partial charge in [-0.1, -0.05) is 70.0 Å². The molecule has 1 unspecified atom stereocenters. The normalized spacial score (nSPS) is 15.5. The predicted molar refractivity (Wildman–Crippen MR) is 124 cm³/mol. The zero-order valence-electron chi connectivity index (χ0n) is 19.1. The van der Waals surface area contributed by atoms with E-state index in [4.69, 9.17) is 0 Å². The molecule has 0 aliphatic carbocycles. The van der Waals surface area contributed by atoms with Gasteiger partial charge in [-0.25, -0.2) is 0 Å². The van der Waals surface area contributed by atoms with Crippen LogP contribution in [0.3, 0.4) is 0 Å². The lowest BCUT2D eigenvalue weighted by Gasteiger charge is -2.33. The molecule has 1 aromatic carbocycles. The van der Waals surface area contributed by atoms with Crippen LogP contribution in [0.2, 0.25) is 0 Å². The Labute approximate surface area is 169 Å². The van der Waals surface area contributed by atoms with E-state index in [1.165, 1.54) is 44.3 Å². The molecule has 1 saturated heterocycles. The lowest BCUT2D eigenvalue weighted by molar-refractivity contribution is 0.231. The Morgan fingerprint density at radius 3 is 2.30 bits per heavy atom. The summed E-state index contributed by atoms with van der Waals surface area (Å²) >= 11 is 0. The van der Waals surface area contributed by atoms with Crippen molar-refractivity contribution in [2.45, 2.75) is 79.1 Å². The lowest BCUT2D eigenvalue weighted by atomic mass is 9.82. The Hall–Kier alpha value is -1.41. The van der Waals surface area contributed by atoms with E-state index in [1.54, 1.807) is 18.2 Å². The van der Waals surface area contributed by atoms with Crippen LogP contribution in [0, 0.1) is 0 Å². The quantitative estimate of drug-likeness (QED) is 0.385. The van der Waals surface area contributed by atoms with E-state index >= 15 is 0 Å². The molecule has 0 bridgehead atoms. The van der Waals surface area contributed by atoms with Crippen LogP contribution in [0.5, 0.6) is 0 Å². The standard InChI is InChI=1S/C21H33N.C2H5N.C2H6/c1-5-8-18(4)20-9-6-7-10-21(20)19-12-15-22(16-13-19)14-11-17(2)3;1-3-2;1-2/h6-7,9-11,18-19H,5,8,12-16H2,1-4H3;1H2,2H3;1-2H3. The second-order valence-corrected chi connectivity index (χ2v) is 7.49. The molecule has 2 heteroatoms. The first-order chi connectivity index (χ1) is 13.0. The molecule has 0 aromatic heterocycles. The minimum atomic E-state index is 0.699. The molecule has 27 heavy (non-hydrogen) atoms.